The summed E-state index contributed by atoms with van der Waals surface area (Å²) in [6.07, 6.45) is 4.82. The van der Waals surface area contributed by atoms with Gasteiger partial charge >= 0.3 is 16.1 Å². The predicted molar refractivity (Wildman–Crippen MR) is 117 cm³/mol. The number of benzene rings is 1. The molecule has 31 heavy (non-hydrogen) atoms. The summed E-state index contributed by atoms with van der Waals surface area (Å²) in [4.78, 5) is 16.4. The minimum absolute atomic E-state index is 0.0106. The highest BCUT2D eigenvalue weighted by Gasteiger charge is 2.47. The third kappa shape index (κ3) is 4.47. The molecule has 2 amide bonds. The number of hydrogen-bond acceptors (Lipinski definition) is 3. The third-order valence-electron chi connectivity index (χ3n) is 6.69. The van der Waals surface area contributed by atoms with Gasteiger partial charge in [-0.05, 0) is 37.8 Å². The number of carbonyl (C=O) groups is 1. The second kappa shape index (κ2) is 7.94. The maximum absolute atomic E-state index is 15.3. The Kier molecular flexibility index (Phi) is 5.59. The molecular formula is C23H29FN3O3S+. The van der Waals surface area contributed by atoms with Gasteiger partial charge in [0.2, 0.25) is 0 Å². The van der Waals surface area contributed by atoms with E-state index in [0.29, 0.717) is 37.2 Å². The number of likely N-dealkylation sites (tertiary alicyclic amines) is 2. The normalized spacial score (nSPS) is 24.2. The van der Waals surface area contributed by atoms with Crippen LogP contribution in [0.1, 0.15) is 43.7 Å². The van der Waals surface area contributed by atoms with Gasteiger partial charge in [-0.25, -0.2) is 9.18 Å². The summed E-state index contributed by atoms with van der Waals surface area (Å²) in [5.74, 6) is 5.74. The Morgan fingerprint density at radius 2 is 2.03 bits per heavy atom. The van der Waals surface area contributed by atoms with Crippen LogP contribution in [0.4, 0.5) is 9.18 Å². The summed E-state index contributed by atoms with van der Waals surface area (Å²) in [6, 6.07) is 4.02. The molecule has 6 nitrogen and oxygen atoms in total. The van der Waals surface area contributed by atoms with Crippen LogP contribution in [0.3, 0.4) is 0 Å². The fourth-order valence-electron chi connectivity index (χ4n) is 4.18. The summed E-state index contributed by atoms with van der Waals surface area (Å²) in [6.45, 7) is 7.63. The Labute approximate surface area is 183 Å². The molecule has 0 unspecified atom stereocenters. The third-order valence-corrected chi connectivity index (χ3v) is 7.81. The predicted octanol–water partition coefficient (Wildman–Crippen LogP) is 2.46. The molecule has 0 aromatic heterocycles. The number of carbonyl (C=O) groups excluding carboxylic acids is 1. The van der Waals surface area contributed by atoms with E-state index in [2.05, 4.69) is 25.5 Å². The number of halogens is 1. The lowest BCUT2D eigenvalue weighted by Crippen LogP contribution is -2.54. The highest BCUT2D eigenvalue weighted by atomic mass is 32.2. The number of urea groups is 1. The van der Waals surface area contributed by atoms with Crippen LogP contribution in [0.15, 0.2) is 18.2 Å². The van der Waals surface area contributed by atoms with Gasteiger partial charge in [-0.1, -0.05) is 24.0 Å². The highest BCUT2D eigenvalue weighted by molar-refractivity contribution is 7.84. The summed E-state index contributed by atoms with van der Waals surface area (Å²) >= 11 is 0. The summed E-state index contributed by atoms with van der Waals surface area (Å²) in [5.41, 5.74) is 0.770. The van der Waals surface area contributed by atoms with Gasteiger partial charge in [0, 0.05) is 37.9 Å². The van der Waals surface area contributed by atoms with Crippen LogP contribution in [0.2, 0.25) is 0 Å². The molecule has 3 fully saturated rings. The largest absolute Gasteiger partial charge is 0.361 e. The van der Waals surface area contributed by atoms with Crippen LogP contribution in [0.25, 0.3) is 0 Å². The van der Waals surface area contributed by atoms with Crippen molar-refractivity contribution in [2.45, 2.75) is 51.1 Å². The molecule has 0 radical (unpaired) electrons. The van der Waals surface area contributed by atoms with E-state index in [-0.39, 0.29) is 17.9 Å². The van der Waals surface area contributed by atoms with Gasteiger partial charge in [0.15, 0.2) is 6.04 Å². The van der Waals surface area contributed by atoms with E-state index in [1.807, 2.05) is 0 Å². The first-order valence-electron chi connectivity index (χ1n) is 10.8. The van der Waals surface area contributed by atoms with Gasteiger partial charge in [-0.3, -0.25) is 0 Å². The van der Waals surface area contributed by atoms with E-state index in [1.165, 1.54) is 0 Å². The second-order valence-electron chi connectivity index (χ2n) is 9.18. The number of rotatable bonds is 4. The molecule has 0 N–H and O–H groups in total. The van der Waals surface area contributed by atoms with Gasteiger partial charge in [-0.2, -0.15) is 8.42 Å². The maximum Gasteiger partial charge on any atom is 0.361 e. The van der Waals surface area contributed by atoms with Crippen LogP contribution in [0, 0.1) is 23.1 Å². The van der Waals surface area contributed by atoms with Gasteiger partial charge < -0.3 is 9.80 Å². The van der Waals surface area contributed by atoms with Crippen molar-refractivity contribution < 1.29 is 21.6 Å². The summed E-state index contributed by atoms with van der Waals surface area (Å²) in [7, 11) is -3.55. The smallest absolute Gasteiger partial charge is 0.325 e. The second-order valence-corrected chi connectivity index (χ2v) is 11.1. The first kappa shape index (κ1) is 21.8. The topological polar surface area (TPSA) is 60.7 Å². The van der Waals surface area contributed by atoms with Gasteiger partial charge in [0.25, 0.3) is 0 Å². The first-order chi connectivity index (χ1) is 14.6. The number of hydrogen-bond donors (Lipinski definition) is 0. The van der Waals surface area contributed by atoms with Crippen molar-refractivity contribution in [3.63, 3.8) is 0 Å². The molecule has 166 valence electrons. The summed E-state index contributed by atoms with van der Waals surface area (Å²) in [5, 5.41) is 0. The lowest BCUT2D eigenvalue weighted by Gasteiger charge is -2.37. The van der Waals surface area contributed by atoms with Crippen molar-refractivity contribution >= 4 is 22.8 Å². The van der Waals surface area contributed by atoms with E-state index in [9.17, 15) is 13.2 Å². The lowest BCUT2D eigenvalue weighted by molar-refractivity contribution is -0.408. The molecule has 1 saturated carbocycles. The van der Waals surface area contributed by atoms with Crippen LogP contribution >= 0.6 is 0 Å². The lowest BCUT2D eigenvalue weighted by atomic mass is 9.98. The number of nitrogens with zero attached hydrogens (tertiary/aromatic N) is 3. The fraction of sp³-hybridized carbons (Fsp3) is 0.565. The van der Waals surface area contributed by atoms with Crippen molar-refractivity contribution in [2.75, 3.05) is 25.9 Å². The molecule has 3 aliphatic rings. The Balaban J connectivity index is 1.63. The van der Waals surface area contributed by atoms with Crippen molar-refractivity contribution in [1.29, 1.82) is 0 Å². The van der Waals surface area contributed by atoms with E-state index in [1.54, 1.807) is 28.0 Å². The van der Waals surface area contributed by atoms with Crippen molar-refractivity contribution in [3.8, 4) is 11.8 Å². The number of sulfonamides is 1. The summed E-state index contributed by atoms with van der Waals surface area (Å²) < 4.78 is 40.7. The fourth-order valence-corrected chi connectivity index (χ4v) is 4.92. The van der Waals surface area contributed by atoms with Crippen molar-refractivity contribution in [1.82, 2.24) is 9.80 Å². The molecular weight excluding hydrogens is 417 g/mol. The Bertz CT molecular complexity index is 1080. The molecule has 4 rings (SSSR count). The van der Waals surface area contributed by atoms with E-state index in [4.69, 9.17) is 0 Å². The average molecular weight is 447 g/mol. The minimum Gasteiger partial charge on any atom is -0.325 e. The van der Waals surface area contributed by atoms with Crippen LogP contribution in [0.5, 0.6) is 0 Å². The molecule has 0 bridgehead atoms. The maximum atomic E-state index is 15.3. The molecule has 2 heterocycles. The van der Waals surface area contributed by atoms with Crippen LogP contribution < -0.4 is 0 Å². The number of amides is 2. The van der Waals surface area contributed by atoms with Crippen LogP contribution in [-0.2, 0) is 16.4 Å². The average Bonchev–Trinajstić information content (AvgIpc) is 3.25. The molecule has 1 aliphatic carbocycles. The standard InChI is InChI=1S/C23H29FN3O3S/c1-23(11-12-23)10-8-17-6-4-7-18(21(17)24)16-20-19(25(2)31(3,29)30)9-15-27(20)22(28)26-13-5-14-26/h4,6-7,19-20H,2,5,9,11-16H2,1,3H3/q+1/t19-,20-/m0/s1. The minimum atomic E-state index is -3.55. The van der Waals surface area contributed by atoms with Crippen molar-refractivity contribution in [2.24, 2.45) is 5.41 Å². The van der Waals surface area contributed by atoms with E-state index >= 15 is 4.39 Å². The van der Waals surface area contributed by atoms with Gasteiger partial charge in [0.05, 0.1) is 11.8 Å². The van der Waals surface area contributed by atoms with E-state index in [0.717, 1.165) is 29.5 Å². The molecule has 2 saturated heterocycles. The first-order valence-corrected chi connectivity index (χ1v) is 12.6. The zero-order valence-electron chi connectivity index (χ0n) is 18.1. The monoisotopic (exact) mass is 446 g/mol. The Morgan fingerprint density at radius 1 is 1.32 bits per heavy atom. The Hall–Kier alpha value is -2.40. The quantitative estimate of drug-likeness (QED) is 0.406. The molecule has 1 aromatic carbocycles. The zero-order chi connectivity index (χ0) is 22.4. The van der Waals surface area contributed by atoms with E-state index < -0.39 is 27.9 Å². The van der Waals surface area contributed by atoms with Crippen molar-refractivity contribution in [3.05, 3.63) is 35.1 Å². The van der Waals surface area contributed by atoms with Crippen LogP contribution in [-0.4, -0.2) is 72.9 Å². The zero-order valence-corrected chi connectivity index (χ0v) is 18.9. The molecule has 1 aromatic rings. The Morgan fingerprint density at radius 3 is 2.61 bits per heavy atom. The molecule has 8 heteroatoms. The molecule has 2 atom stereocenters. The van der Waals surface area contributed by atoms with Gasteiger partial charge in [0.1, 0.15) is 18.6 Å². The molecule has 2 aliphatic heterocycles. The SMILES string of the molecule is C=[N+]([C@H]1CCN(C(=O)N2CCC2)[C@H]1Cc1cccc(C#CC2(C)CC2)c1F)S(C)(=O)=O. The highest BCUT2D eigenvalue weighted by Crippen LogP contribution is 2.44. The van der Waals surface area contributed by atoms with Gasteiger partial charge in [-0.15, -0.1) is 3.98 Å². The molecule has 0 spiro atoms.